The smallest absolute Gasteiger partial charge is 0.243 e. The first-order valence-corrected chi connectivity index (χ1v) is 12.9. The van der Waals surface area contributed by atoms with Crippen LogP contribution in [-0.2, 0) is 14.8 Å². The Bertz CT molecular complexity index is 961. The SMILES string of the molecule is Cc1c(Cl)cccc1S(=O)(=O)N1CCC[C@@H](C(=O)N[C@H]2C[C@@H]3CC[C@@]2(C)C3(C)C)C1. The van der Waals surface area contributed by atoms with Gasteiger partial charge in [-0.1, -0.05) is 38.4 Å². The quantitative estimate of drug-likeness (QED) is 0.737. The van der Waals surface area contributed by atoms with E-state index in [-0.39, 0.29) is 40.1 Å². The molecule has 1 aliphatic heterocycles. The molecule has 30 heavy (non-hydrogen) atoms. The van der Waals surface area contributed by atoms with Crippen LogP contribution in [-0.4, -0.2) is 37.8 Å². The van der Waals surface area contributed by atoms with Gasteiger partial charge in [-0.3, -0.25) is 4.79 Å². The van der Waals surface area contributed by atoms with Crippen LogP contribution < -0.4 is 5.32 Å². The fourth-order valence-corrected chi connectivity index (χ4v) is 8.09. The van der Waals surface area contributed by atoms with Gasteiger partial charge < -0.3 is 5.32 Å². The van der Waals surface area contributed by atoms with E-state index in [0.717, 1.165) is 19.3 Å². The number of carbonyl (C=O) groups excluding carboxylic acids is 1. The standard InChI is InChI=1S/C23H33ClN2O3S/c1-15-18(24)8-5-9-19(15)30(28,29)26-12-6-7-16(14-26)21(27)25-20-13-17-10-11-23(20,4)22(17,2)3/h5,8-9,16-17,20H,6-7,10-14H2,1-4H3,(H,25,27)/t16-,17+,20+,23-/m1/s1. The van der Waals surface area contributed by atoms with Crippen LogP contribution in [0.5, 0.6) is 0 Å². The average Bonchev–Trinajstić information content (AvgIpc) is 3.03. The number of fused-ring (bicyclic) bond motifs is 2. The van der Waals surface area contributed by atoms with E-state index in [9.17, 15) is 13.2 Å². The Labute approximate surface area is 185 Å². The Balaban J connectivity index is 1.48. The predicted octanol–water partition coefficient (Wildman–Crippen LogP) is 4.38. The number of sulfonamides is 1. The molecule has 3 fully saturated rings. The van der Waals surface area contributed by atoms with Gasteiger partial charge in [-0.25, -0.2) is 8.42 Å². The molecule has 1 aromatic rings. The molecule has 4 rings (SSSR count). The van der Waals surface area contributed by atoms with Crippen molar-refractivity contribution in [3.8, 4) is 0 Å². The first-order valence-electron chi connectivity index (χ1n) is 11.0. The van der Waals surface area contributed by atoms with E-state index >= 15 is 0 Å². The lowest BCUT2D eigenvalue weighted by Crippen LogP contribution is -2.51. The van der Waals surface area contributed by atoms with E-state index in [1.807, 2.05) is 0 Å². The number of nitrogens with one attached hydrogen (secondary N) is 1. The van der Waals surface area contributed by atoms with E-state index in [1.165, 1.54) is 10.7 Å². The molecule has 4 atom stereocenters. The van der Waals surface area contributed by atoms with Gasteiger partial charge in [-0.2, -0.15) is 4.31 Å². The third kappa shape index (κ3) is 3.30. The van der Waals surface area contributed by atoms with Gasteiger partial charge >= 0.3 is 0 Å². The van der Waals surface area contributed by atoms with E-state index in [4.69, 9.17) is 11.6 Å². The van der Waals surface area contributed by atoms with Crippen LogP contribution in [0, 0.1) is 29.6 Å². The normalized spacial score (nSPS) is 33.6. The lowest BCUT2D eigenvalue weighted by Gasteiger charge is -2.40. The number of piperidine rings is 1. The number of amides is 1. The van der Waals surface area contributed by atoms with Crippen molar-refractivity contribution < 1.29 is 13.2 Å². The number of hydrogen-bond donors (Lipinski definition) is 1. The van der Waals surface area contributed by atoms with Crippen molar-refractivity contribution in [1.29, 1.82) is 0 Å². The number of carbonyl (C=O) groups is 1. The molecule has 1 amide bonds. The Kier molecular flexibility index (Phi) is 5.52. The van der Waals surface area contributed by atoms with Crippen molar-refractivity contribution >= 4 is 27.5 Å². The fraction of sp³-hybridized carbons (Fsp3) is 0.696. The molecular formula is C23H33ClN2O3S. The maximum absolute atomic E-state index is 13.2. The molecule has 1 aromatic carbocycles. The van der Waals surface area contributed by atoms with Gasteiger partial charge in [0.05, 0.1) is 10.8 Å². The zero-order valence-electron chi connectivity index (χ0n) is 18.4. The molecule has 2 aliphatic carbocycles. The lowest BCUT2D eigenvalue weighted by atomic mass is 9.69. The second-order valence-electron chi connectivity index (χ2n) is 10.2. The topological polar surface area (TPSA) is 66.5 Å². The second-order valence-corrected chi connectivity index (χ2v) is 12.6. The molecule has 2 saturated carbocycles. The molecular weight excluding hydrogens is 420 g/mol. The van der Waals surface area contributed by atoms with Crippen molar-refractivity contribution in [3.05, 3.63) is 28.8 Å². The van der Waals surface area contributed by atoms with Gasteiger partial charge in [-0.15, -0.1) is 0 Å². The summed E-state index contributed by atoms with van der Waals surface area (Å²) in [5.74, 6) is 0.355. The largest absolute Gasteiger partial charge is 0.353 e. The number of halogens is 1. The van der Waals surface area contributed by atoms with Crippen molar-refractivity contribution in [2.24, 2.45) is 22.7 Å². The minimum Gasteiger partial charge on any atom is -0.353 e. The molecule has 0 spiro atoms. The lowest BCUT2D eigenvalue weighted by molar-refractivity contribution is -0.127. The Morgan fingerprint density at radius 1 is 1.23 bits per heavy atom. The highest BCUT2D eigenvalue weighted by molar-refractivity contribution is 7.89. The van der Waals surface area contributed by atoms with Crippen LogP contribution in [0.15, 0.2) is 23.1 Å². The molecule has 5 nitrogen and oxygen atoms in total. The maximum Gasteiger partial charge on any atom is 0.243 e. The highest BCUT2D eigenvalue weighted by atomic mass is 35.5. The molecule has 3 aliphatic rings. The Hall–Kier alpha value is -1.11. The van der Waals surface area contributed by atoms with E-state index in [2.05, 4.69) is 26.1 Å². The van der Waals surface area contributed by atoms with Gasteiger partial charge in [0.2, 0.25) is 15.9 Å². The van der Waals surface area contributed by atoms with Crippen molar-refractivity contribution in [2.75, 3.05) is 13.1 Å². The number of rotatable bonds is 4. The summed E-state index contributed by atoms with van der Waals surface area (Å²) in [4.78, 5) is 13.4. The Morgan fingerprint density at radius 2 is 1.97 bits per heavy atom. The third-order valence-corrected chi connectivity index (χ3v) is 11.1. The average molecular weight is 453 g/mol. The van der Waals surface area contributed by atoms with E-state index in [0.29, 0.717) is 29.5 Å². The molecule has 1 heterocycles. The van der Waals surface area contributed by atoms with Gasteiger partial charge in [0.15, 0.2) is 0 Å². The van der Waals surface area contributed by atoms with Crippen LogP contribution in [0.2, 0.25) is 5.02 Å². The third-order valence-electron chi connectivity index (χ3n) is 8.70. The number of hydrogen-bond acceptors (Lipinski definition) is 3. The fourth-order valence-electron chi connectivity index (χ4n) is 6.09. The van der Waals surface area contributed by atoms with Crippen LogP contribution in [0.25, 0.3) is 0 Å². The highest BCUT2D eigenvalue weighted by Gasteiger charge is 2.61. The van der Waals surface area contributed by atoms with Gasteiger partial charge in [0.25, 0.3) is 0 Å². The number of nitrogens with zero attached hydrogens (tertiary/aromatic N) is 1. The van der Waals surface area contributed by atoms with Crippen LogP contribution in [0.1, 0.15) is 58.4 Å². The van der Waals surface area contributed by atoms with Crippen LogP contribution in [0.4, 0.5) is 0 Å². The zero-order valence-corrected chi connectivity index (χ0v) is 19.9. The van der Waals surface area contributed by atoms with Crippen molar-refractivity contribution in [2.45, 2.75) is 70.7 Å². The maximum atomic E-state index is 13.2. The first kappa shape index (κ1) is 22.1. The van der Waals surface area contributed by atoms with Gasteiger partial charge in [-0.05, 0) is 73.5 Å². The summed E-state index contributed by atoms with van der Waals surface area (Å²) < 4.78 is 28.0. The van der Waals surface area contributed by atoms with Gasteiger partial charge in [0.1, 0.15) is 0 Å². The molecule has 166 valence electrons. The minimum atomic E-state index is -3.68. The molecule has 1 N–H and O–H groups in total. The number of benzene rings is 1. The minimum absolute atomic E-state index is 0.00675. The first-order chi connectivity index (χ1) is 14.0. The van der Waals surface area contributed by atoms with E-state index in [1.54, 1.807) is 25.1 Å². The summed E-state index contributed by atoms with van der Waals surface area (Å²) >= 11 is 6.15. The summed E-state index contributed by atoms with van der Waals surface area (Å²) in [5, 5.41) is 3.77. The summed E-state index contributed by atoms with van der Waals surface area (Å²) in [6.45, 7) is 9.37. The van der Waals surface area contributed by atoms with Crippen LogP contribution in [0.3, 0.4) is 0 Å². The highest BCUT2D eigenvalue weighted by Crippen LogP contribution is 2.65. The van der Waals surface area contributed by atoms with Crippen molar-refractivity contribution in [3.63, 3.8) is 0 Å². The summed E-state index contributed by atoms with van der Waals surface area (Å²) in [5.41, 5.74) is 0.908. The summed E-state index contributed by atoms with van der Waals surface area (Å²) in [6, 6.07) is 5.13. The molecule has 0 aromatic heterocycles. The van der Waals surface area contributed by atoms with E-state index < -0.39 is 10.0 Å². The zero-order chi connectivity index (χ0) is 21.9. The molecule has 7 heteroatoms. The molecule has 1 saturated heterocycles. The monoisotopic (exact) mass is 452 g/mol. The molecule has 0 radical (unpaired) electrons. The molecule has 0 unspecified atom stereocenters. The van der Waals surface area contributed by atoms with Crippen molar-refractivity contribution in [1.82, 2.24) is 9.62 Å². The Morgan fingerprint density at radius 3 is 2.60 bits per heavy atom. The predicted molar refractivity (Wildman–Crippen MR) is 119 cm³/mol. The van der Waals surface area contributed by atoms with Gasteiger partial charge in [0, 0.05) is 24.2 Å². The van der Waals surface area contributed by atoms with Crippen LogP contribution >= 0.6 is 11.6 Å². The molecule has 2 bridgehead atoms. The summed E-state index contributed by atoms with van der Waals surface area (Å²) in [6.07, 6.45) is 4.83. The summed E-state index contributed by atoms with van der Waals surface area (Å²) in [7, 11) is -3.68. The second kappa shape index (κ2) is 7.49.